The molecule has 3 N–H and O–H groups in total. The van der Waals surface area contributed by atoms with Gasteiger partial charge < -0.3 is 10.3 Å². The number of aromatic nitrogens is 4. The van der Waals surface area contributed by atoms with Gasteiger partial charge >= 0.3 is 0 Å². The van der Waals surface area contributed by atoms with E-state index in [1.54, 1.807) is 6.20 Å². The van der Waals surface area contributed by atoms with Crippen molar-refractivity contribution in [3.05, 3.63) is 34.1 Å². The molecule has 5 heterocycles. The minimum Gasteiger partial charge on any atom is -0.308 e. The number of halogens is 1. The summed E-state index contributed by atoms with van der Waals surface area (Å²) in [6.07, 6.45) is 3.96. The van der Waals surface area contributed by atoms with Gasteiger partial charge in [0.15, 0.2) is 0 Å². The summed E-state index contributed by atoms with van der Waals surface area (Å²) in [7, 11) is 0. The van der Waals surface area contributed by atoms with E-state index in [9.17, 15) is 4.79 Å². The topological polar surface area (TPSA) is 86.5 Å². The molecule has 2 bridgehead atoms. The largest absolute Gasteiger partial charge is 0.308 e. The molecule has 0 aromatic carbocycles. The maximum absolute atomic E-state index is 12.4. The molecular formula is C15H16ClN5OS. The van der Waals surface area contributed by atoms with Crippen LogP contribution in [0.5, 0.6) is 0 Å². The van der Waals surface area contributed by atoms with E-state index in [4.69, 9.17) is 4.98 Å². The van der Waals surface area contributed by atoms with E-state index >= 15 is 0 Å². The Kier molecular flexibility index (Phi) is 3.16. The van der Waals surface area contributed by atoms with Gasteiger partial charge in [0.05, 0.1) is 17.3 Å². The molecule has 0 amide bonds. The summed E-state index contributed by atoms with van der Waals surface area (Å²) in [6, 6.07) is 2.00. The number of thiophene rings is 1. The van der Waals surface area contributed by atoms with E-state index in [-0.39, 0.29) is 23.5 Å². The number of nitrogens with zero attached hydrogens (tertiary/aromatic N) is 2. The van der Waals surface area contributed by atoms with Crippen molar-refractivity contribution in [1.82, 2.24) is 25.5 Å². The molecule has 0 atom stereocenters. The smallest absolute Gasteiger partial charge is 0.268 e. The second-order valence-electron chi connectivity index (χ2n) is 6.39. The highest BCUT2D eigenvalue weighted by molar-refractivity contribution is 7.22. The van der Waals surface area contributed by atoms with E-state index in [0.29, 0.717) is 4.70 Å². The summed E-state index contributed by atoms with van der Waals surface area (Å²) < 4.78 is 0.685. The van der Waals surface area contributed by atoms with Crippen LogP contribution in [0.1, 0.15) is 24.4 Å². The van der Waals surface area contributed by atoms with Crippen molar-refractivity contribution in [1.29, 1.82) is 0 Å². The van der Waals surface area contributed by atoms with Gasteiger partial charge in [-0.3, -0.25) is 9.89 Å². The van der Waals surface area contributed by atoms with Crippen LogP contribution in [0.15, 0.2) is 17.1 Å². The maximum Gasteiger partial charge on any atom is 0.268 e. The number of aromatic amines is 2. The highest BCUT2D eigenvalue weighted by atomic mass is 35.5. The minimum atomic E-state index is -0.0916. The van der Waals surface area contributed by atoms with Crippen LogP contribution in [0.4, 0.5) is 0 Å². The summed E-state index contributed by atoms with van der Waals surface area (Å²) in [5.41, 5.74) is 2.69. The Labute approximate surface area is 142 Å². The van der Waals surface area contributed by atoms with Crippen LogP contribution in [0, 0.1) is 12.8 Å². The molecule has 6 rings (SSSR count). The van der Waals surface area contributed by atoms with Gasteiger partial charge in [-0.1, -0.05) is 0 Å². The zero-order valence-corrected chi connectivity index (χ0v) is 14.1. The van der Waals surface area contributed by atoms with Crippen LogP contribution in [-0.2, 0) is 5.54 Å². The van der Waals surface area contributed by atoms with Gasteiger partial charge in [-0.2, -0.15) is 5.10 Å². The lowest BCUT2D eigenvalue weighted by molar-refractivity contribution is 0.216. The van der Waals surface area contributed by atoms with Crippen LogP contribution < -0.4 is 10.9 Å². The molecule has 2 saturated heterocycles. The second-order valence-corrected chi connectivity index (χ2v) is 7.44. The Balaban J connectivity index is 0.00000135. The molecule has 3 aliphatic rings. The van der Waals surface area contributed by atoms with Crippen LogP contribution >= 0.6 is 23.7 Å². The molecule has 1 aliphatic carbocycles. The molecule has 3 fully saturated rings. The fourth-order valence-electron chi connectivity index (χ4n) is 3.73. The summed E-state index contributed by atoms with van der Waals surface area (Å²) in [4.78, 5) is 21.2. The zero-order valence-electron chi connectivity index (χ0n) is 12.5. The van der Waals surface area contributed by atoms with Crippen molar-refractivity contribution in [3.8, 4) is 10.4 Å². The lowest BCUT2D eigenvalue weighted by Crippen LogP contribution is -2.42. The fourth-order valence-corrected chi connectivity index (χ4v) is 4.79. The molecule has 2 aliphatic heterocycles. The summed E-state index contributed by atoms with van der Waals surface area (Å²) in [5.74, 6) is 1.54. The predicted molar refractivity (Wildman–Crippen MR) is 92.2 cm³/mol. The molecule has 0 spiro atoms. The van der Waals surface area contributed by atoms with Crippen molar-refractivity contribution in [3.63, 3.8) is 0 Å². The van der Waals surface area contributed by atoms with E-state index in [0.717, 1.165) is 52.8 Å². The van der Waals surface area contributed by atoms with Gasteiger partial charge in [0.2, 0.25) is 0 Å². The standard InChI is InChI=1S/C15H15N5OS.ClH/c1-7-9(6-17-20-7)11-2-10-12(22-11)13(21)19-14(18-10)15-3-8(4-15)5-16-15;/h2,6,8,16H,3-5H2,1H3,(H,17,20)(H,18,19,21);1H. The van der Waals surface area contributed by atoms with E-state index in [1.807, 2.05) is 13.0 Å². The van der Waals surface area contributed by atoms with E-state index < -0.39 is 0 Å². The quantitative estimate of drug-likeness (QED) is 0.662. The zero-order chi connectivity index (χ0) is 14.9. The lowest BCUT2D eigenvalue weighted by Gasteiger charge is -2.36. The van der Waals surface area contributed by atoms with Gasteiger partial charge in [-0.15, -0.1) is 23.7 Å². The molecule has 23 heavy (non-hydrogen) atoms. The van der Waals surface area contributed by atoms with Crippen molar-refractivity contribution in [2.75, 3.05) is 6.54 Å². The summed E-state index contributed by atoms with van der Waals surface area (Å²) in [6.45, 7) is 3.01. The highest BCUT2D eigenvalue weighted by Crippen LogP contribution is 2.49. The third kappa shape index (κ3) is 2.00. The number of fused-ring (bicyclic) bond motifs is 2. The average molecular weight is 350 g/mol. The summed E-state index contributed by atoms with van der Waals surface area (Å²) in [5, 5.41) is 10.5. The first-order valence-electron chi connectivity index (χ1n) is 7.44. The van der Waals surface area contributed by atoms with Gasteiger partial charge in [-0.25, -0.2) is 4.98 Å². The van der Waals surface area contributed by atoms with Crippen LogP contribution in [0.3, 0.4) is 0 Å². The summed E-state index contributed by atoms with van der Waals surface area (Å²) >= 11 is 1.47. The molecule has 3 aromatic heterocycles. The SMILES string of the molecule is Cc1[nH]ncc1-c1cc2nc(C34CC(CN3)C4)[nH]c(=O)c2s1.Cl. The molecule has 8 heteroatoms. The van der Waals surface area contributed by atoms with E-state index in [2.05, 4.69) is 20.5 Å². The Bertz CT molecular complexity index is 947. The number of nitrogens with one attached hydrogen (secondary N) is 3. The van der Waals surface area contributed by atoms with Gasteiger partial charge in [0.1, 0.15) is 10.5 Å². The maximum atomic E-state index is 12.4. The molecule has 120 valence electrons. The fraction of sp³-hybridized carbons (Fsp3) is 0.400. The first kappa shape index (κ1) is 14.9. The molecular weight excluding hydrogens is 334 g/mol. The number of H-pyrrole nitrogens is 2. The number of rotatable bonds is 2. The Morgan fingerprint density at radius 3 is 2.87 bits per heavy atom. The van der Waals surface area contributed by atoms with Crippen molar-refractivity contribution in [2.24, 2.45) is 5.92 Å². The van der Waals surface area contributed by atoms with Gasteiger partial charge in [0.25, 0.3) is 5.56 Å². The highest BCUT2D eigenvalue weighted by Gasteiger charge is 2.53. The Hall–Kier alpha value is -1.70. The van der Waals surface area contributed by atoms with Crippen LogP contribution in [0.2, 0.25) is 0 Å². The average Bonchev–Trinajstić information content (AvgIpc) is 3.18. The lowest BCUT2D eigenvalue weighted by atomic mass is 9.73. The molecule has 0 unspecified atom stereocenters. The molecule has 6 nitrogen and oxygen atoms in total. The van der Waals surface area contributed by atoms with E-state index in [1.165, 1.54) is 11.3 Å². The molecule has 3 aromatic rings. The minimum absolute atomic E-state index is 0. The Morgan fingerprint density at radius 1 is 1.39 bits per heavy atom. The number of aryl methyl sites for hydroxylation is 1. The normalized spacial score (nSPS) is 25.3. The monoisotopic (exact) mass is 349 g/mol. The predicted octanol–water partition coefficient (Wildman–Crippen LogP) is 2.31. The van der Waals surface area contributed by atoms with Gasteiger partial charge in [0, 0.05) is 16.1 Å². The third-order valence-electron chi connectivity index (χ3n) is 4.93. The van der Waals surface area contributed by atoms with Crippen molar-refractivity contribution < 1.29 is 0 Å². The third-order valence-corrected chi connectivity index (χ3v) is 6.09. The second kappa shape index (κ2) is 4.90. The van der Waals surface area contributed by atoms with Crippen molar-refractivity contribution >= 4 is 34.0 Å². The molecule has 0 radical (unpaired) electrons. The Morgan fingerprint density at radius 2 is 2.22 bits per heavy atom. The first-order valence-corrected chi connectivity index (χ1v) is 8.26. The van der Waals surface area contributed by atoms with Gasteiger partial charge in [-0.05, 0) is 38.3 Å². The van der Waals surface area contributed by atoms with Crippen LogP contribution in [-0.4, -0.2) is 26.7 Å². The first-order chi connectivity index (χ1) is 10.6. The molecule has 1 saturated carbocycles. The number of hydrogen-bond acceptors (Lipinski definition) is 5. The van der Waals surface area contributed by atoms with Crippen molar-refractivity contribution in [2.45, 2.75) is 25.3 Å². The van der Waals surface area contributed by atoms with Crippen LogP contribution in [0.25, 0.3) is 20.7 Å². The number of hydrogen-bond donors (Lipinski definition) is 3.